The Bertz CT molecular complexity index is 316. The van der Waals surface area contributed by atoms with E-state index in [1.54, 1.807) is 0 Å². The molecule has 0 aromatic carbocycles. The van der Waals surface area contributed by atoms with Gasteiger partial charge in [0.15, 0.2) is 0 Å². The predicted molar refractivity (Wildman–Crippen MR) is 90.8 cm³/mol. The molecule has 0 aromatic heterocycles. The second-order valence-corrected chi connectivity index (χ2v) is 7.39. The van der Waals surface area contributed by atoms with Crippen LogP contribution in [0.25, 0.3) is 0 Å². The summed E-state index contributed by atoms with van der Waals surface area (Å²) in [4.78, 5) is 14.6. The first-order valence-electron chi connectivity index (χ1n) is 8.54. The normalized spacial score (nSPS) is 25.0. The van der Waals surface area contributed by atoms with Gasteiger partial charge in [-0.25, -0.2) is 0 Å². The fourth-order valence-electron chi connectivity index (χ4n) is 3.90. The quantitative estimate of drug-likeness (QED) is 0.844. The second-order valence-electron chi connectivity index (χ2n) is 7.39. The Morgan fingerprint density at radius 2 is 1.86 bits per heavy atom. The zero-order valence-corrected chi connectivity index (χ0v) is 14.8. The summed E-state index contributed by atoms with van der Waals surface area (Å²) in [6.45, 7) is 11.1. The van der Waals surface area contributed by atoms with Crippen molar-refractivity contribution in [2.45, 2.75) is 52.9 Å². The molecule has 0 radical (unpaired) electrons. The molecule has 0 bridgehead atoms. The van der Waals surface area contributed by atoms with E-state index in [2.05, 4.69) is 31.0 Å². The average molecular weight is 317 g/mol. The topological polar surface area (TPSA) is 32.3 Å². The summed E-state index contributed by atoms with van der Waals surface area (Å²) >= 11 is 0. The molecule has 1 amide bonds. The van der Waals surface area contributed by atoms with Crippen LogP contribution in [-0.2, 0) is 4.79 Å². The highest BCUT2D eigenvalue weighted by Crippen LogP contribution is 2.28. The summed E-state index contributed by atoms with van der Waals surface area (Å²) in [6.07, 6.45) is 5.73. The lowest BCUT2D eigenvalue weighted by Crippen LogP contribution is -2.34. The van der Waals surface area contributed by atoms with Crippen LogP contribution in [0.15, 0.2) is 0 Å². The van der Waals surface area contributed by atoms with E-state index in [1.807, 2.05) is 0 Å². The van der Waals surface area contributed by atoms with E-state index in [1.165, 1.54) is 25.7 Å². The number of rotatable bonds is 5. The summed E-state index contributed by atoms with van der Waals surface area (Å²) < 4.78 is 0. The maximum Gasteiger partial charge on any atom is 0.222 e. The number of nitrogens with zero attached hydrogens (tertiary/aromatic N) is 1. The van der Waals surface area contributed by atoms with Crippen molar-refractivity contribution in [3.8, 4) is 0 Å². The predicted octanol–water partition coefficient (Wildman–Crippen LogP) is 3.33. The SMILES string of the molecule is CC(C)CC1CCN(C(=O)CC(C)C2CCNCC2)C1.Cl. The molecule has 2 aliphatic heterocycles. The fraction of sp³-hybridized carbons (Fsp3) is 0.941. The third kappa shape index (κ3) is 5.78. The fourth-order valence-corrected chi connectivity index (χ4v) is 3.90. The highest BCUT2D eigenvalue weighted by Gasteiger charge is 2.29. The molecule has 0 spiro atoms. The Balaban J connectivity index is 0.00000220. The molecule has 3 nitrogen and oxygen atoms in total. The van der Waals surface area contributed by atoms with E-state index in [-0.39, 0.29) is 12.4 Å². The third-order valence-electron chi connectivity index (χ3n) is 5.13. The van der Waals surface area contributed by atoms with Crippen molar-refractivity contribution in [1.82, 2.24) is 10.2 Å². The molecule has 0 saturated carbocycles. The maximum absolute atomic E-state index is 12.4. The van der Waals surface area contributed by atoms with Gasteiger partial charge in [0.2, 0.25) is 5.91 Å². The monoisotopic (exact) mass is 316 g/mol. The van der Waals surface area contributed by atoms with Gasteiger partial charge in [-0.2, -0.15) is 0 Å². The molecule has 2 unspecified atom stereocenters. The minimum Gasteiger partial charge on any atom is -0.342 e. The van der Waals surface area contributed by atoms with Crippen LogP contribution in [0, 0.1) is 23.7 Å². The van der Waals surface area contributed by atoms with Crippen molar-refractivity contribution < 1.29 is 4.79 Å². The number of carbonyl (C=O) groups is 1. The number of amides is 1. The summed E-state index contributed by atoms with van der Waals surface area (Å²) in [6, 6.07) is 0. The van der Waals surface area contributed by atoms with Gasteiger partial charge in [-0.05, 0) is 62.4 Å². The van der Waals surface area contributed by atoms with Gasteiger partial charge in [-0.15, -0.1) is 12.4 Å². The molecule has 2 saturated heterocycles. The molecule has 2 fully saturated rings. The van der Waals surface area contributed by atoms with Crippen molar-refractivity contribution in [3.63, 3.8) is 0 Å². The lowest BCUT2D eigenvalue weighted by Gasteiger charge is -2.29. The summed E-state index contributed by atoms with van der Waals surface area (Å²) in [5.74, 6) is 3.20. The van der Waals surface area contributed by atoms with Crippen molar-refractivity contribution in [2.75, 3.05) is 26.2 Å². The van der Waals surface area contributed by atoms with Crippen molar-refractivity contribution in [1.29, 1.82) is 0 Å². The van der Waals surface area contributed by atoms with Crippen LogP contribution < -0.4 is 5.32 Å². The number of likely N-dealkylation sites (tertiary alicyclic amines) is 1. The minimum absolute atomic E-state index is 0. The highest BCUT2D eigenvalue weighted by atomic mass is 35.5. The van der Waals surface area contributed by atoms with Crippen molar-refractivity contribution in [3.05, 3.63) is 0 Å². The van der Waals surface area contributed by atoms with Crippen LogP contribution in [0.4, 0.5) is 0 Å². The Kier molecular flexibility index (Phi) is 8.04. The van der Waals surface area contributed by atoms with Gasteiger partial charge < -0.3 is 10.2 Å². The number of nitrogens with one attached hydrogen (secondary N) is 1. The molecular weight excluding hydrogens is 284 g/mol. The summed E-state index contributed by atoms with van der Waals surface area (Å²) in [5, 5.41) is 3.41. The van der Waals surface area contributed by atoms with E-state index < -0.39 is 0 Å². The van der Waals surface area contributed by atoms with Crippen LogP contribution in [0.2, 0.25) is 0 Å². The third-order valence-corrected chi connectivity index (χ3v) is 5.13. The molecule has 2 heterocycles. The standard InChI is InChI=1S/C17H32N2O.ClH/c1-13(2)10-15-6-9-19(12-15)17(20)11-14(3)16-4-7-18-8-5-16;/h13-16,18H,4-12H2,1-3H3;1H. The molecule has 2 atom stereocenters. The van der Waals surface area contributed by atoms with E-state index in [9.17, 15) is 4.79 Å². The molecule has 21 heavy (non-hydrogen) atoms. The van der Waals surface area contributed by atoms with E-state index >= 15 is 0 Å². The van der Waals surface area contributed by atoms with E-state index in [0.717, 1.165) is 50.4 Å². The van der Waals surface area contributed by atoms with Gasteiger partial charge in [0.25, 0.3) is 0 Å². The Morgan fingerprint density at radius 3 is 2.48 bits per heavy atom. The average Bonchev–Trinajstić information content (AvgIpc) is 2.87. The minimum atomic E-state index is 0. The van der Waals surface area contributed by atoms with Crippen LogP contribution in [0.5, 0.6) is 0 Å². The molecule has 2 aliphatic rings. The molecule has 1 N–H and O–H groups in total. The number of hydrogen-bond donors (Lipinski definition) is 1. The van der Waals surface area contributed by atoms with Gasteiger partial charge in [0.05, 0.1) is 0 Å². The van der Waals surface area contributed by atoms with E-state index in [0.29, 0.717) is 11.8 Å². The van der Waals surface area contributed by atoms with E-state index in [4.69, 9.17) is 0 Å². The van der Waals surface area contributed by atoms with Gasteiger partial charge >= 0.3 is 0 Å². The zero-order valence-electron chi connectivity index (χ0n) is 13.9. The molecule has 0 aromatic rings. The summed E-state index contributed by atoms with van der Waals surface area (Å²) in [5.41, 5.74) is 0. The molecular formula is C17H33ClN2O. The van der Waals surface area contributed by atoms with Crippen LogP contribution in [-0.4, -0.2) is 37.0 Å². The van der Waals surface area contributed by atoms with Gasteiger partial charge in [0.1, 0.15) is 0 Å². The maximum atomic E-state index is 12.4. The lowest BCUT2D eigenvalue weighted by molar-refractivity contribution is -0.131. The second kappa shape index (κ2) is 8.99. The number of carbonyl (C=O) groups excluding carboxylic acids is 1. The van der Waals surface area contributed by atoms with Crippen molar-refractivity contribution in [2.24, 2.45) is 23.7 Å². The highest BCUT2D eigenvalue weighted by molar-refractivity contribution is 5.85. The van der Waals surface area contributed by atoms with Crippen LogP contribution in [0.3, 0.4) is 0 Å². The first-order chi connectivity index (χ1) is 9.56. The van der Waals surface area contributed by atoms with Crippen LogP contribution in [0.1, 0.15) is 52.9 Å². The van der Waals surface area contributed by atoms with Gasteiger partial charge in [-0.1, -0.05) is 20.8 Å². The largest absolute Gasteiger partial charge is 0.342 e. The Hall–Kier alpha value is -0.280. The Morgan fingerprint density at radius 1 is 1.19 bits per heavy atom. The molecule has 0 aliphatic carbocycles. The Labute approximate surface area is 136 Å². The lowest BCUT2D eigenvalue weighted by atomic mass is 9.84. The first kappa shape index (κ1) is 18.8. The summed E-state index contributed by atoms with van der Waals surface area (Å²) in [7, 11) is 0. The smallest absolute Gasteiger partial charge is 0.222 e. The zero-order chi connectivity index (χ0) is 14.5. The number of hydrogen-bond acceptors (Lipinski definition) is 2. The van der Waals surface area contributed by atoms with Gasteiger partial charge in [0, 0.05) is 19.5 Å². The molecule has 2 rings (SSSR count). The first-order valence-corrected chi connectivity index (χ1v) is 8.54. The van der Waals surface area contributed by atoms with Crippen molar-refractivity contribution >= 4 is 18.3 Å². The molecule has 124 valence electrons. The number of piperidine rings is 1. The van der Waals surface area contributed by atoms with Gasteiger partial charge in [-0.3, -0.25) is 4.79 Å². The molecule has 4 heteroatoms. The van der Waals surface area contributed by atoms with Crippen LogP contribution >= 0.6 is 12.4 Å². The number of halogens is 1.